The largest absolute Gasteiger partial charge is 0.505 e. The second-order valence-corrected chi connectivity index (χ2v) is 5.39. The molecule has 0 fully saturated rings. The van der Waals surface area contributed by atoms with Crippen LogP contribution < -0.4 is 0 Å². The molecule has 0 atom stereocenters. The molecule has 0 heterocycles. The Balaban J connectivity index is 3.72. The molecule has 0 saturated carbocycles. The Hall–Kier alpha value is 0.790. The molecule has 0 aromatic heterocycles. The average Bonchev–Trinajstić information content (AvgIpc) is 2.23. The number of aromatic hydroxyl groups is 1. The summed E-state index contributed by atoms with van der Waals surface area (Å²) in [5.41, 5.74) is 0.0674. The Morgan fingerprint density at radius 2 is 1.12 bits per heavy atom. The first-order valence-electron chi connectivity index (χ1n) is 3.55. The van der Waals surface area contributed by atoms with Crippen LogP contribution >= 0.6 is 81.2 Å². The van der Waals surface area contributed by atoms with Crippen molar-refractivity contribution in [3.05, 3.63) is 30.1 Å². The standard InChI is InChI=1S/C8HCl7O/c9-2-1(4(11)8(14)15)3(10)6(13)7(16)5(2)12/h16H. The molecule has 0 saturated heterocycles. The van der Waals surface area contributed by atoms with Crippen LogP contribution in [0.2, 0.25) is 20.1 Å². The summed E-state index contributed by atoms with van der Waals surface area (Å²) in [6.45, 7) is 0. The van der Waals surface area contributed by atoms with Crippen LogP contribution in [0.5, 0.6) is 5.75 Å². The molecule has 0 bridgehead atoms. The summed E-state index contributed by atoms with van der Waals surface area (Å²) in [5, 5.41) is 8.81. The van der Waals surface area contributed by atoms with Crippen molar-refractivity contribution in [3.8, 4) is 5.75 Å². The third-order valence-electron chi connectivity index (χ3n) is 1.63. The summed E-state index contributed by atoms with van der Waals surface area (Å²) in [6.07, 6.45) is 0. The van der Waals surface area contributed by atoms with Crippen LogP contribution in [0.3, 0.4) is 0 Å². The minimum Gasteiger partial charge on any atom is -0.505 e. The number of rotatable bonds is 1. The van der Waals surface area contributed by atoms with Crippen molar-refractivity contribution < 1.29 is 5.11 Å². The van der Waals surface area contributed by atoms with Crippen LogP contribution in [0.4, 0.5) is 0 Å². The molecule has 1 rings (SSSR count). The number of hydrogen-bond donors (Lipinski definition) is 1. The highest BCUT2D eigenvalue weighted by atomic mass is 35.5. The molecule has 0 aliphatic heterocycles. The zero-order valence-electron chi connectivity index (χ0n) is 7.09. The van der Waals surface area contributed by atoms with Gasteiger partial charge in [-0.15, -0.1) is 0 Å². The van der Waals surface area contributed by atoms with Crippen molar-refractivity contribution in [2.24, 2.45) is 0 Å². The highest BCUT2D eigenvalue weighted by Crippen LogP contribution is 2.49. The van der Waals surface area contributed by atoms with Crippen LogP contribution in [0, 0.1) is 0 Å². The third kappa shape index (κ3) is 2.62. The van der Waals surface area contributed by atoms with E-state index in [0.29, 0.717) is 0 Å². The van der Waals surface area contributed by atoms with Crippen LogP contribution in [0.1, 0.15) is 5.56 Å². The fraction of sp³-hybridized carbons (Fsp3) is 0. The molecular weight excluding hydrogens is 360 g/mol. The highest BCUT2D eigenvalue weighted by molar-refractivity contribution is 6.68. The fourth-order valence-electron chi connectivity index (χ4n) is 0.907. The molecule has 1 N–H and O–H groups in total. The van der Waals surface area contributed by atoms with E-state index in [0.717, 1.165) is 0 Å². The Bertz CT molecular complexity index is 447. The van der Waals surface area contributed by atoms with Gasteiger partial charge in [0.1, 0.15) is 14.5 Å². The number of phenolic OH excluding ortho intramolecular Hbond substituents is 1. The van der Waals surface area contributed by atoms with E-state index in [2.05, 4.69) is 0 Å². The maximum atomic E-state index is 9.45. The topological polar surface area (TPSA) is 20.2 Å². The molecule has 88 valence electrons. The molecule has 1 nitrogen and oxygen atoms in total. The molecule has 8 heteroatoms. The quantitative estimate of drug-likeness (QED) is 0.578. The Morgan fingerprint density at radius 1 is 0.750 bits per heavy atom. The first-order valence-corrected chi connectivity index (χ1v) is 6.19. The first-order chi connectivity index (χ1) is 7.29. The molecule has 0 aliphatic rings. The van der Waals surface area contributed by atoms with Gasteiger partial charge in [0.05, 0.1) is 15.1 Å². The SMILES string of the molecule is Oc1c(Cl)c(Cl)c(C(Cl)=C(Cl)Cl)c(Cl)c1Cl. The summed E-state index contributed by atoms with van der Waals surface area (Å²) >= 11 is 39.9. The van der Waals surface area contributed by atoms with Crippen molar-refractivity contribution in [1.29, 1.82) is 0 Å². The van der Waals surface area contributed by atoms with Crippen LogP contribution in [-0.4, -0.2) is 5.11 Å². The summed E-state index contributed by atoms with van der Waals surface area (Å²) in [5.74, 6) is -0.433. The van der Waals surface area contributed by atoms with Gasteiger partial charge < -0.3 is 5.11 Å². The molecule has 1 aromatic carbocycles. The van der Waals surface area contributed by atoms with Gasteiger partial charge in [0.2, 0.25) is 0 Å². The summed E-state index contributed by atoms with van der Waals surface area (Å²) in [7, 11) is 0. The monoisotopic (exact) mass is 358 g/mol. The summed E-state index contributed by atoms with van der Waals surface area (Å²) in [4.78, 5) is 0. The van der Waals surface area contributed by atoms with Crippen molar-refractivity contribution in [2.75, 3.05) is 0 Å². The molecule has 0 radical (unpaired) electrons. The van der Waals surface area contributed by atoms with Gasteiger partial charge in [-0.1, -0.05) is 81.2 Å². The zero-order chi connectivity index (χ0) is 12.6. The van der Waals surface area contributed by atoms with Crippen molar-refractivity contribution >= 4 is 86.2 Å². The minimum atomic E-state index is -0.433. The summed E-state index contributed by atoms with van der Waals surface area (Å²) in [6, 6.07) is 0. The van der Waals surface area contributed by atoms with Crippen LogP contribution in [-0.2, 0) is 0 Å². The lowest BCUT2D eigenvalue weighted by molar-refractivity contribution is 0.476. The number of hydrogen-bond acceptors (Lipinski definition) is 1. The van der Waals surface area contributed by atoms with E-state index >= 15 is 0 Å². The lowest BCUT2D eigenvalue weighted by Gasteiger charge is -2.11. The van der Waals surface area contributed by atoms with Crippen molar-refractivity contribution in [3.63, 3.8) is 0 Å². The van der Waals surface area contributed by atoms with Gasteiger partial charge in [0.25, 0.3) is 0 Å². The second kappa shape index (κ2) is 5.62. The zero-order valence-corrected chi connectivity index (χ0v) is 12.4. The number of benzene rings is 1. The lowest BCUT2D eigenvalue weighted by atomic mass is 10.2. The average molecular weight is 361 g/mol. The van der Waals surface area contributed by atoms with E-state index in [4.69, 9.17) is 81.2 Å². The van der Waals surface area contributed by atoms with Crippen molar-refractivity contribution in [1.82, 2.24) is 0 Å². The molecule has 0 unspecified atom stereocenters. The predicted octanol–water partition coefficient (Wildman–Crippen LogP) is 6.35. The minimum absolute atomic E-state index is 0.0674. The molecular formula is C8HCl7O. The Kier molecular flexibility index (Phi) is 5.22. The summed E-state index contributed by atoms with van der Waals surface area (Å²) < 4.78 is -0.247. The Morgan fingerprint density at radius 3 is 1.44 bits per heavy atom. The van der Waals surface area contributed by atoms with E-state index in [1.165, 1.54) is 0 Å². The van der Waals surface area contributed by atoms with Gasteiger partial charge in [-0.05, 0) is 0 Å². The smallest absolute Gasteiger partial charge is 0.155 e. The number of halogens is 7. The van der Waals surface area contributed by atoms with E-state index < -0.39 is 5.75 Å². The van der Waals surface area contributed by atoms with E-state index in [-0.39, 0.29) is 35.2 Å². The van der Waals surface area contributed by atoms with Crippen LogP contribution in [0.15, 0.2) is 4.49 Å². The Labute approximate surface area is 126 Å². The van der Waals surface area contributed by atoms with Gasteiger partial charge in [-0.2, -0.15) is 0 Å². The van der Waals surface area contributed by atoms with Gasteiger partial charge in [0.15, 0.2) is 5.75 Å². The fourth-order valence-corrected chi connectivity index (χ4v) is 2.41. The molecule has 0 spiro atoms. The predicted molar refractivity (Wildman–Crippen MR) is 72.6 cm³/mol. The molecule has 1 aromatic rings. The van der Waals surface area contributed by atoms with E-state index in [9.17, 15) is 5.11 Å². The molecule has 0 aliphatic carbocycles. The second-order valence-electron chi connectivity index (χ2n) is 2.55. The normalized spacial score (nSPS) is 10.4. The maximum Gasteiger partial charge on any atom is 0.155 e. The van der Waals surface area contributed by atoms with E-state index in [1.807, 2.05) is 0 Å². The third-order valence-corrected chi connectivity index (χ3v) is 4.26. The van der Waals surface area contributed by atoms with Gasteiger partial charge in [0, 0.05) is 5.56 Å². The molecule has 16 heavy (non-hydrogen) atoms. The lowest BCUT2D eigenvalue weighted by Crippen LogP contribution is -1.87. The van der Waals surface area contributed by atoms with Gasteiger partial charge >= 0.3 is 0 Å². The first kappa shape index (κ1) is 14.8. The van der Waals surface area contributed by atoms with Gasteiger partial charge in [-0.3, -0.25) is 0 Å². The molecule has 0 amide bonds. The van der Waals surface area contributed by atoms with Gasteiger partial charge in [-0.25, -0.2) is 0 Å². The maximum absolute atomic E-state index is 9.45. The van der Waals surface area contributed by atoms with Crippen LogP contribution in [0.25, 0.3) is 5.03 Å². The number of phenols is 1. The van der Waals surface area contributed by atoms with E-state index in [1.54, 1.807) is 0 Å². The highest BCUT2D eigenvalue weighted by Gasteiger charge is 2.22. The van der Waals surface area contributed by atoms with Crippen molar-refractivity contribution in [2.45, 2.75) is 0 Å².